The lowest BCUT2D eigenvalue weighted by atomic mass is 10.3. The van der Waals surface area contributed by atoms with Crippen molar-refractivity contribution in [2.45, 2.75) is 13.8 Å². The van der Waals surface area contributed by atoms with Crippen molar-refractivity contribution in [1.29, 1.82) is 0 Å². The quantitative estimate of drug-likeness (QED) is 0.295. The third kappa shape index (κ3) is 5.85. The Morgan fingerprint density at radius 2 is 2.21 bits per heavy atom. The molecule has 5 heteroatoms. The summed E-state index contributed by atoms with van der Waals surface area (Å²) >= 11 is 0. The van der Waals surface area contributed by atoms with Gasteiger partial charge in [0.1, 0.15) is 6.61 Å². The molecule has 0 aliphatic rings. The van der Waals surface area contributed by atoms with Gasteiger partial charge in [-0.2, -0.15) is 0 Å². The molecule has 14 heavy (non-hydrogen) atoms. The van der Waals surface area contributed by atoms with Crippen LogP contribution in [0.4, 0.5) is 4.79 Å². The molecule has 2 amide bonds. The van der Waals surface area contributed by atoms with Gasteiger partial charge in [-0.05, 0) is 19.9 Å². The molecule has 0 aromatic rings. The van der Waals surface area contributed by atoms with Crippen LogP contribution in [0.15, 0.2) is 17.4 Å². The maximum Gasteiger partial charge on any atom is 0.341 e. The van der Waals surface area contributed by atoms with Crippen LogP contribution in [0.2, 0.25) is 0 Å². The van der Waals surface area contributed by atoms with Crippen molar-refractivity contribution in [2.24, 2.45) is 5.73 Å². The summed E-state index contributed by atoms with van der Waals surface area (Å²) in [5, 5.41) is 2.30. The Hall–Kier alpha value is -1.74. The summed E-state index contributed by atoms with van der Waals surface area (Å²) < 4.78 is 4.78. The van der Waals surface area contributed by atoms with Gasteiger partial charge < -0.3 is 15.8 Å². The molecular weight excluding hydrogens is 184 g/mol. The Morgan fingerprint density at radius 1 is 1.57 bits per heavy atom. The molecule has 0 atom stereocenters. The average Bonchev–Trinajstić information content (AvgIpc) is 2.12. The SMILES string of the molecule is CC=C=C(C)C(=O)OCCNC(N)=O. The second-order valence-electron chi connectivity index (χ2n) is 2.48. The van der Waals surface area contributed by atoms with E-state index in [1.165, 1.54) is 0 Å². The van der Waals surface area contributed by atoms with E-state index in [2.05, 4.69) is 11.0 Å². The molecule has 0 bridgehead atoms. The molecular formula is C9H14N2O3. The zero-order chi connectivity index (χ0) is 11.0. The van der Waals surface area contributed by atoms with Crippen molar-refractivity contribution in [3.8, 4) is 0 Å². The number of rotatable bonds is 4. The molecule has 0 spiro atoms. The van der Waals surface area contributed by atoms with Gasteiger partial charge in [0.15, 0.2) is 0 Å². The van der Waals surface area contributed by atoms with Crippen LogP contribution >= 0.6 is 0 Å². The zero-order valence-electron chi connectivity index (χ0n) is 8.29. The van der Waals surface area contributed by atoms with E-state index < -0.39 is 12.0 Å². The number of nitrogens with one attached hydrogen (secondary N) is 1. The summed E-state index contributed by atoms with van der Waals surface area (Å²) in [7, 11) is 0. The first-order valence-corrected chi connectivity index (χ1v) is 4.16. The second-order valence-corrected chi connectivity index (χ2v) is 2.48. The van der Waals surface area contributed by atoms with E-state index in [0.717, 1.165) is 0 Å². The topological polar surface area (TPSA) is 81.4 Å². The van der Waals surface area contributed by atoms with Crippen LogP contribution in [0, 0.1) is 0 Å². The van der Waals surface area contributed by atoms with Gasteiger partial charge >= 0.3 is 12.0 Å². The highest BCUT2D eigenvalue weighted by molar-refractivity contribution is 5.87. The predicted octanol–water partition coefficient (Wildman–Crippen LogP) is 0.319. The van der Waals surface area contributed by atoms with Gasteiger partial charge in [-0.3, -0.25) is 0 Å². The van der Waals surface area contributed by atoms with Crippen LogP contribution in [0.5, 0.6) is 0 Å². The first kappa shape index (κ1) is 12.3. The number of esters is 1. The van der Waals surface area contributed by atoms with Gasteiger partial charge in [0.05, 0.1) is 12.1 Å². The fourth-order valence-electron chi connectivity index (χ4n) is 0.702. The van der Waals surface area contributed by atoms with Crippen LogP contribution < -0.4 is 11.1 Å². The molecule has 0 rings (SSSR count). The van der Waals surface area contributed by atoms with Gasteiger partial charge in [-0.25, -0.2) is 9.59 Å². The number of ether oxygens (including phenoxy) is 1. The minimum absolute atomic E-state index is 0.102. The predicted molar refractivity (Wildman–Crippen MR) is 51.5 cm³/mol. The lowest BCUT2D eigenvalue weighted by Crippen LogP contribution is -2.32. The molecule has 0 aromatic heterocycles. The lowest BCUT2D eigenvalue weighted by Gasteiger charge is -2.03. The van der Waals surface area contributed by atoms with E-state index in [9.17, 15) is 9.59 Å². The number of hydrogen-bond acceptors (Lipinski definition) is 3. The molecule has 3 N–H and O–H groups in total. The van der Waals surface area contributed by atoms with Crippen LogP contribution in [0.25, 0.3) is 0 Å². The Balaban J connectivity index is 3.76. The minimum Gasteiger partial charge on any atom is -0.460 e. The Morgan fingerprint density at radius 3 is 2.71 bits per heavy atom. The standard InChI is InChI=1S/C9H14N2O3/c1-3-4-7(2)8(12)14-6-5-11-9(10)13/h3H,5-6H2,1-2H3,(H3,10,11,13). The van der Waals surface area contributed by atoms with E-state index in [4.69, 9.17) is 10.5 Å². The third-order valence-electron chi connectivity index (χ3n) is 1.30. The molecule has 5 nitrogen and oxygen atoms in total. The summed E-state index contributed by atoms with van der Waals surface area (Å²) in [4.78, 5) is 21.3. The number of primary amides is 1. The Kier molecular flexibility index (Phi) is 5.90. The number of amides is 2. The summed E-state index contributed by atoms with van der Waals surface area (Å²) in [6, 6.07) is -0.637. The maximum atomic E-state index is 11.1. The maximum absolute atomic E-state index is 11.1. The van der Waals surface area contributed by atoms with Gasteiger partial charge in [0, 0.05) is 0 Å². The van der Waals surface area contributed by atoms with Crippen LogP contribution in [0.3, 0.4) is 0 Å². The highest BCUT2D eigenvalue weighted by Crippen LogP contribution is 1.93. The molecule has 0 fully saturated rings. The molecule has 0 aliphatic heterocycles. The van der Waals surface area contributed by atoms with E-state index in [1.807, 2.05) is 0 Å². The number of hydrogen-bond donors (Lipinski definition) is 2. The van der Waals surface area contributed by atoms with E-state index in [-0.39, 0.29) is 13.2 Å². The molecule has 0 saturated heterocycles. The summed E-state index contributed by atoms with van der Waals surface area (Å²) in [6.07, 6.45) is 1.62. The molecule has 0 aliphatic carbocycles. The normalized spacial score (nSPS) is 8.43. The largest absolute Gasteiger partial charge is 0.460 e. The van der Waals surface area contributed by atoms with E-state index in [1.54, 1.807) is 19.9 Å². The minimum atomic E-state index is -0.637. The van der Waals surface area contributed by atoms with Crippen LogP contribution in [-0.4, -0.2) is 25.2 Å². The zero-order valence-corrected chi connectivity index (χ0v) is 8.29. The average molecular weight is 198 g/mol. The van der Waals surface area contributed by atoms with Gasteiger partial charge in [-0.1, -0.05) is 0 Å². The van der Waals surface area contributed by atoms with Crippen molar-refractivity contribution in [1.82, 2.24) is 5.32 Å². The number of carbonyl (C=O) groups excluding carboxylic acids is 2. The summed E-state index contributed by atoms with van der Waals surface area (Å²) in [6.45, 7) is 3.67. The van der Waals surface area contributed by atoms with E-state index >= 15 is 0 Å². The monoisotopic (exact) mass is 198 g/mol. The van der Waals surface area contributed by atoms with Gasteiger partial charge in [-0.15, -0.1) is 5.73 Å². The van der Waals surface area contributed by atoms with Crippen LogP contribution in [-0.2, 0) is 9.53 Å². The molecule has 0 heterocycles. The molecule has 0 aromatic carbocycles. The van der Waals surface area contributed by atoms with Gasteiger partial charge in [0.25, 0.3) is 0 Å². The Labute approximate surface area is 82.6 Å². The highest BCUT2D eigenvalue weighted by Gasteiger charge is 2.03. The smallest absolute Gasteiger partial charge is 0.341 e. The van der Waals surface area contributed by atoms with Gasteiger partial charge in [0.2, 0.25) is 0 Å². The summed E-state index contributed by atoms with van der Waals surface area (Å²) in [5.74, 6) is -0.450. The van der Waals surface area contributed by atoms with Crippen molar-refractivity contribution in [2.75, 3.05) is 13.2 Å². The molecule has 0 unspecified atom stereocenters. The first-order valence-electron chi connectivity index (χ1n) is 4.16. The van der Waals surface area contributed by atoms with E-state index in [0.29, 0.717) is 5.57 Å². The second kappa shape index (κ2) is 6.74. The lowest BCUT2D eigenvalue weighted by molar-refractivity contribution is -0.138. The number of urea groups is 1. The fraction of sp³-hybridized carbons (Fsp3) is 0.444. The third-order valence-corrected chi connectivity index (χ3v) is 1.30. The number of carbonyl (C=O) groups is 2. The fourth-order valence-corrected chi connectivity index (χ4v) is 0.702. The Bertz CT molecular complexity index is 278. The van der Waals surface area contributed by atoms with Crippen molar-refractivity contribution in [3.05, 3.63) is 17.4 Å². The van der Waals surface area contributed by atoms with Crippen molar-refractivity contribution in [3.63, 3.8) is 0 Å². The molecule has 0 radical (unpaired) electrons. The van der Waals surface area contributed by atoms with Crippen molar-refractivity contribution >= 4 is 12.0 Å². The highest BCUT2D eigenvalue weighted by atomic mass is 16.5. The molecule has 0 saturated carbocycles. The summed E-state index contributed by atoms with van der Waals surface area (Å²) in [5.41, 5.74) is 7.90. The molecule has 78 valence electrons. The first-order chi connectivity index (χ1) is 6.57. The van der Waals surface area contributed by atoms with Crippen LogP contribution in [0.1, 0.15) is 13.8 Å². The van der Waals surface area contributed by atoms with Crippen molar-refractivity contribution < 1.29 is 14.3 Å². The number of nitrogens with two attached hydrogens (primary N) is 1.